The Morgan fingerprint density at radius 1 is 1.38 bits per heavy atom. The van der Waals surface area contributed by atoms with Crippen molar-refractivity contribution < 1.29 is 9.53 Å². The van der Waals surface area contributed by atoms with Crippen LogP contribution in [0.4, 0.5) is 10.8 Å². The number of hydrogen-bond acceptors (Lipinski definition) is 7. The van der Waals surface area contributed by atoms with Crippen molar-refractivity contribution in [3.05, 3.63) is 29.3 Å². The maximum atomic E-state index is 11.3. The fourth-order valence-electron chi connectivity index (χ4n) is 1.71. The highest BCUT2D eigenvalue weighted by molar-refractivity contribution is 8.01. The Bertz CT molecular complexity index is 628. The number of carbonyl (C=O) groups is 1. The van der Waals surface area contributed by atoms with Gasteiger partial charge in [-0.25, -0.2) is 0 Å². The third kappa shape index (κ3) is 4.71. The van der Waals surface area contributed by atoms with Gasteiger partial charge in [0.1, 0.15) is 0 Å². The van der Waals surface area contributed by atoms with Gasteiger partial charge in [-0.3, -0.25) is 4.79 Å². The van der Waals surface area contributed by atoms with E-state index in [4.69, 9.17) is 4.74 Å². The number of aryl methyl sites for hydroxylation is 2. The number of carbonyl (C=O) groups excluding carboxylic acids is 1. The SMILES string of the molecule is CCOC(=O)CSc1nnc(Nc2ccc(C)cc2C)s1. The van der Waals surface area contributed by atoms with Crippen molar-refractivity contribution in [1.82, 2.24) is 10.2 Å². The van der Waals surface area contributed by atoms with Gasteiger partial charge in [-0.1, -0.05) is 40.8 Å². The third-order valence-electron chi connectivity index (χ3n) is 2.65. The molecule has 0 fully saturated rings. The number of ether oxygens (including phenoxy) is 1. The summed E-state index contributed by atoms with van der Waals surface area (Å²) in [5.74, 6) is 0.0213. The molecule has 21 heavy (non-hydrogen) atoms. The average Bonchev–Trinajstić information content (AvgIpc) is 2.88. The van der Waals surface area contributed by atoms with Gasteiger partial charge in [-0.2, -0.15) is 0 Å². The molecule has 1 N–H and O–H groups in total. The van der Waals surface area contributed by atoms with Crippen molar-refractivity contribution in [2.75, 3.05) is 17.7 Å². The first-order valence-corrected chi connectivity index (χ1v) is 8.35. The standard InChI is InChI=1S/C14H17N3O2S2/c1-4-19-12(18)8-20-14-17-16-13(21-14)15-11-6-5-9(2)7-10(11)3/h5-7H,4,8H2,1-3H3,(H,15,16). The molecule has 0 saturated carbocycles. The van der Waals surface area contributed by atoms with Crippen LogP contribution in [0.3, 0.4) is 0 Å². The largest absolute Gasteiger partial charge is 0.465 e. The first-order valence-electron chi connectivity index (χ1n) is 6.54. The van der Waals surface area contributed by atoms with Gasteiger partial charge in [0.05, 0.1) is 12.4 Å². The summed E-state index contributed by atoms with van der Waals surface area (Å²) in [6.07, 6.45) is 0. The van der Waals surface area contributed by atoms with Crippen molar-refractivity contribution in [3.63, 3.8) is 0 Å². The van der Waals surface area contributed by atoms with Crippen LogP contribution in [0.15, 0.2) is 22.5 Å². The van der Waals surface area contributed by atoms with Crippen LogP contribution in [0, 0.1) is 13.8 Å². The average molecular weight is 323 g/mol. The van der Waals surface area contributed by atoms with E-state index in [2.05, 4.69) is 28.5 Å². The van der Waals surface area contributed by atoms with E-state index in [1.165, 1.54) is 28.7 Å². The molecule has 0 amide bonds. The maximum Gasteiger partial charge on any atom is 0.316 e. The molecule has 2 rings (SSSR count). The summed E-state index contributed by atoms with van der Waals surface area (Å²) in [4.78, 5) is 11.3. The van der Waals surface area contributed by atoms with Crippen molar-refractivity contribution in [1.29, 1.82) is 0 Å². The molecule has 0 saturated heterocycles. The van der Waals surface area contributed by atoms with Gasteiger partial charge in [-0.05, 0) is 32.4 Å². The predicted molar refractivity (Wildman–Crippen MR) is 86.5 cm³/mol. The van der Waals surface area contributed by atoms with E-state index in [-0.39, 0.29) is 11.7 Å². The van der Waals surface area contributed by atoms with Gasteiger partial charge in [0.25, 0.3) is 0 Å². The summed E-state index contributed by atoms with van der Waals surface area (Å²) >= 11 is 2.76. The first kappa shape index (κ1) is 15.8. The van der Waals surface area contributed by atoms with E-state index in [0.29, 0.717) is 11.7 Å². The minimum Gasteiger partial charge on any atom is -0.465 e. The van der Waals surface area contributed by atoms with Crippen LogP contribution >= 0.6 is 23.1 Å². The Labute approximate surface area is 132 Å². The van der Waals surface area contributed by atoms with Gasteiger partial charge < -0.3 is 10.1 Å². The molecule has 0 radical (unpaired) electrons. The van der Waals surface area contributed by atoms with Crippen LogP contribution in [-0.2, 0) is 9.53 Å². The van der Waals surface area contributed by atoms with Crippen LogP contribution in [0.25, 0.3) is 0 Å². The zero-order valence-corrected chi connectivity index (χ0v) is 13.8. The minimum atomic E-state index is -0.235. The number of rotatable bonds is 6. The van der Waals surface area contributed by atoms with E-state index < -0.39 is 0 Å². The van der Waals surface area contributed by atoms with Gasteiger partial charge in [0.15, 0.2) is 4.34 Å². The number of benzene rings is 1. The Morgan fingerprint density at radius 2 is 2.19 bits per heavy atom. The van der Waals surface area contributed by atoms with Gasteiger partial charge in [-0.15, -0.1) is 10.2 Å². The molecule has 112 valence electrons. The number of nitrogens with one attached hydrogen (secondary N) is 1. The highest BCUT2D eigenvalue weighted by Gasteiger charge is 2.09. The molecule has 0 atom stereocenters. The van der Waals surface area contributed by atoms with Crippen molar-refractivity contribution >= 4 is 39.9 Å². The second-order valence-corrected chi connectivity index (χ2v) is 6.61. The molecule has 0 spiro atoms. The fraction of sp³-hybridized carbons (Fsp3) is 0.357. The molecule has 1 heterocycles. The summed E-state index contributed by atoms with van der Waals surface area (Å²) in [6, 6.07) is 6.18. The fourth-order valence-corrected chi connectivity index (χ4v) is 3.27. The van der Waals surface area contributed by atoms with Crippen molar-refractivity contribution in [2.45, 2.75) is 25.1 Å². The molecule has 1 aromatic heterocycles. The Balaban J connectivity index is 1.95. The van der Waals surface area contributed by atoms with E-state index in [9.17, 15) is 4.79 Å². The van der Waals surface area contributed by atoms with Crippen molar-refractivity contribution in [2.24, 2.45) is 0 Å². The zero-order valence-electron chi connectivity index (χ0n) is 12.2. The van der Waals surface area contributed by atoms with Gasteiger partial charge >= 0.3 is 5.97 Å². The smallest absolute Gasteiger partial charge is 0.316 e. The van der Waals surface area contributed by atoms with Crippen LogP contribution in [0.2, 0.25) is 0 Å². The quantitative estimate of drug-likeness (QED) is 0.648. The number of thioether (sulfide) groups is 1. The normalized spacial score (nSPS) is 10.4. The number of nitrogens with zero attached hydrogens (tertiary/aromatic N) is 2. The Kier molecular flexibility index (Phi) is 5.58. The molecule has 0 unspecified atom stereocenters. The number of aromatic nitrogens is 2. The molecule has 2 aromatic rings. The lowest BCUT2D eigenvalue weighted by Crippen LogP contribution is -2.06. The lowest BCUT2D eigenvalue weighted by atomic mass is 10.1. The highest BCUT2D eigenvalue weighted by Crippen LogP contribution is 2.28. The molecule has 7 heteroatoms. The number of hydrogen-bond donors (Lipinski definition) is 1. The van der Waals surface area contributed by atoms with E-state index in [1.807, 2.05) is 19.1 Å². The second-order valence-electron chi connectivity index (χ2n) is 4.41. The van der Waals surface area contributed by atoms with Gasteiger partial charge in [0.2, 0.25) is 5.13 Å². The maximum absolute atomic E-state index is 11.3. The monoisotopic (exact) mass is 323 g/mol. The summed E-state index contributed by atoms with van der Waals surface area (Å²) in [7, 11) is 0. The van der Waals surface area contributed by atoms with Crippen LogP contribution in [0.1, 0.15) is 18.1 Å². The zero-order chi connectivity index (χ0) is 15.2. The van der Waals surface area contributed by atoms with Crippen LogP contribution < -0.4 is 5.32 Å². The lowest BCUT2D eigenvalue weighted by Gasteiger charge is -2.06. The minimum absolute atomic E-state index is 0.235. The van der Waals surface area contributed by atoms with Crippen LogP contribution in [-0.4, -0.2) is 28.5 Å². The lowest BCUT2D eigenvalue weighted by molar-refractivity contribution is -0.139. The van der Waals surface area contributed by atoms with Gasteiger partial charge in [0, 0.05) is 5.69 Å². The number of esters is 1. The van der Waals surface area contributed by atoms with E-state index in [0.717, 1.165) is 15.6 Å². The summed E-state index contributed by atoms with van der Waals surface area (Å²) < 4.78 is 5.62. The third-order valence-corrected chi connectivity index (χ3v) is 4.59. The predicted octanol–water partition coefficient (Wildman–Crippen LogP) is 3.55. The topological polar surface area (TPSA) is 64.1 Å². The van der Waals surface area contributed by atoms with E-state index >= 15 is 0 Å². The molecule has 5 nitrogen and oxygen atoms in total. The Morgan fingerprint density at radius 3 is 2.90 bits per heavy atom. The molecule has 0 aliphatic carbocycles. The first-order chi connectivity index (χ1) is 10.1. The second kappa shape index (κ2) is 7.42. The summed E-state index contributed by atoms with van der Waals surface area (Å²) in [5.41, 5.74) is 3.39. The van der Waals surface area contributed by atoms with Crippen LogP contribution in [0.5, 0.6) is 0 Å². The molecule has 0 bridgehead atoms. The number of anilines is 2. The molecule has 1 aromatic carbocycles. The molecule has 0 aliphatic heterocycles. The summed E-state index contributed by atoms with van der Waals surface area (Å²) in [5, 5.41) is 12.1. The highest BCUT2D eigenvalue weighted by atomic mass is 32.2. The summed E-state index contributed by atoms with van der Waals surface area (Å²) in [6.45, 7) is 6.30. The Hall–Kier alpha value is -1.60. The molecule has 0 aliphatic rings. The van der Waals surface area contributed by atoms with E-state index in [1.54, 1.807) is 6.92 Å². The molecular formula is C14H17N3O2S2. The molecular weight excluding hydrogens is 306 g/mol. The van der Waals surface area contributed by atoms with Crippen molar-refractivity contribution in [3.8, 4) is 0 Å².